The molecule has 21 heavy (non-hydrogen) atoms. The van der Waals surface area contributed by atoms with Crippen LogP contribution in [0.15, 0.2) is 0 Å². The highest BCUT2D eigenvalue weighted by atomic mass is 16.5. The Balaban J connectivity index is 4.22. The molecule has 1 amide bonds. The first kappa shape index (κ1) is 19.9. The second kappa shape index (κ2) is 10.6. The third-order valence-corrected chi connectivity index (χ3v) is 3.65. The van der Waals surface area contributed by atoms with Gasteiger partial charge in [-0.1, -0.05) is 39.5 Å². The van der Waals surface area contributed by atoms with E-state index in [-0.39, 0.29) is 5.91 Å². The molecule has 0 bridgehead atoms. The van der Waals surface area contributed by atoms with Crippen LogP contribution in [0.25, 0.3) is 0 Å². The van der Waals surface area contributed by atoms with Crippen molar-refractivity contribution in [2.45, 2.75) is 72.3 Å². The van der Waals surface area contributed by atoms with Crippen molar-refractivity contribution < 1.29 is 14.3 Å². The van der Waals surface area contributed by atoms with E-state index in [2.05, 4.69) is 12.2 Å². The van der Waals surface area contributed by atoms with Gasteiger partial charge in [-0.25, -0.2) is 0 Å². The first-order chi connectivity index (χ1) is 9.87. The molecule has 0 aliphatic rings. The first-order valence-corrected chi connectivity index (χ1v) is 8.08. The number of ether oxygens (including phenoxy) is 1. The van der Waals surface area contributed by atoms with Gasteiger partial charge in [0.25, 0.3) is 0 Å². The van der Waals surface area contributed by atoms with Crippen LogP contribution >= 0.6 is 0 Å². The number of nitrogens with two attached hydrogens (primary N) is 1. The normalized spacial score (nSPS) is 12.8. The van der Waals surface area contributed by atoms with Crippen LogP contribution in [0.2, 0.25) is 0 Å². The third kappa shape index (κ3) is 7.46. The molecule has 0 radical (unpaired) electrons. The molecule has 5 heteroatoms. The summed E-state index contributed by atoms with van der Waals surface area (Å²) in [5.41, 5.74) is 4.92. The van der Waals surface area contributed by atoms with E-state index < -0.39 is 17.4 Å². The van der Waals surface area contributed by atoms with Crippen LogP contribution in [-0.2, 0) is 14.3 Å². The number of rotatable bonds is 11. The largest absolute Gasteiger partial charge is 0.465 e. The molecule has 5 nitrogen and oxygen atoms in total. The molecule has 0 aliphatic carbocycles. The van der Waals surface area contributed by atoms with E-state index in [9.17, 15) is 9.59 Å². The summed E-state index contributed by atoms with van der Waals surface area (Å²) in [6, 6.07) is -0.891. The van der Waals surface area contributed by atoms with Crippen LogP contribution in [0.3, 0.4) is 0 Å². The summed E-state index contributed by atoms with van der Waals surface area (Å²) >= 11 is 0. The van der Waals surface area contributed by atoms with Crippen molar-refractivity contribution in [3.05, 3.63) is 0 Å². The average Bonchev–Trinajstić information content (AvgIpc) is 2.46. The van der Waals surface area contributed by atoms with E-state index in [4.69, 9.17) is 10.5 Å². The smallest absolute Gasteiger partial charge is 0.313 e. The maximum absolute atomic E-state index is 12.0. The van der Waals surface area contributed by atoms with Gasteiger partial charge in [0, 0.05) is 6.54 Å². The van der Waals surface area contributed by atoms with Crippen LogP contribution in [-0.4, -0.2) is 31.1 Å². The van der Waals surface area contributed by atoms with E-state index in [1.54, 1.807) is 13.8 Å². The standard InChI is InChI=1S/C16H32N2O3/c1-5-7-9-10-11-18-14(19)13(17)16(3,4)15(20)21-12-8-6-2/h13H,5-12,17H2,1-4H3,(H,18,19)/t13-/m1/s1. The number of carbonyl (C=O) groups is 2. The molecule has 3 N–H and O–H groups in total. The zero-order chi connectivity index (χ0) is 16.3. The minimum Gasteiger partial charge on any atom is -0.465 e. The Bertz CT molecular complexity index is 317. The predicted octanol–water partition coefficient (Wildman–Crippen LogP) is 2.38. The summed E-state index contributed by atoms with van der Waals surface area (Å²) in [7, 11) is 0. The summed E-state index contributed by atoms with van der Waals surface area (Å²) in [6.07, 6.45) is 6.13. The second-order valence-corrected chi connectivity index (χ2v) is 6.04. The van der Waals surface area contributed by atoms with E-state index >= 15 is 0 Å². The number of hydrogen-bond donors (Lipinski definition) is 2. The lowest BCUT2D eigenvalue weighted by molar-refractivity contribution is -0.157. The van der Waals surface area contributed by atoms with Crippen molar-refractivity contribution in [1.82, 2.24) is 5.32 Å². The van der Waals surface area contributed by atoms with Crippen LogP contribution < -0.4 is 11.1 Å². The molecule has 0 heterocycles. The number of esters is 1. The fourth-order valence-electron chi connectivity index (χ4n) is 1.82. The number of nitrogens with one attached hydrogen (secondary N) is 1. The van der Waals surface area contributed by atoms with Crippen molar-refractivity contribution in [2.24, 2.45) is 11.1 Å². The van der Waals surface area contributed by atoms with Gasteiger partial charge < -0.3 is 15.8 Å². The van der Waals surface area contributed by atoms with Gasteiger partial charge in [-0.05, 0) is 26.7 Å². The van der Waals surface area contributed by atoms with Gasteiger partial charge in [0.1, 0.15) is 0 Å². The Kier molecular flexibility index (Phi) is 10.0. The first-order valence-electron chi connectivity index (χ1n) is 8.08. The van der Waals surface area contributed by atoms with Crippen molar-refractivity contribution in [1.29, 1.82) is 0 Å². The van der Waals surface area contributed by atoms with E-state index in [0.29, 0.717) is 13.2 Å². The molecule has 0 rings (SSSR count). The van der Waals surface area contributed by atoms with Gasteiger partial charge in [0.2, 0.25) is 5.91 Å². The molecule has 0 unspecified atom stereocenters. The molecule has 0 saturated heterocycles. The number of hydrogen-bond acceptors (Lipinski definition) is 4. The Morgan fingerprint density at radius 3 is 2.29 bits per heavy atom. The fourth-order valence-corrected chi connectivity index (χ4v) is 1.82. The predicted molar refractivity (Wildman–Crippen MR) is 84.8 cm³/mol. The number of carbonyl (C=O) groups excluding carboxylic acids is 2. The average molecular weight is 300 g/mol. The summed E-state index contributed by atoms with van der Waals surface area (Å²) in [5.74, 6) is -0.700. The third-order valence-electron chi connectivity index (χ3n) is 3.65. The maximum atomic E-state index is 12.0. The SMILES string of the molecule is CCCCCCNC(=O)[C@@H](N)C(C)(C)C(=O)OCCCC. The molecule has 1 atom stereocenters. The zero-order valence-corrected chi connectivity index (χ0v) is 14.0. The number of amides is 1. The molecule has 0 saturated carbocycles. The van der Waals surface area contributed by atoms with Gasteiger partial charge in [-0.2, -0.15) is 0 Å². The second-order valence-electron chi connectivity index (χ2n) is 6.04. The van der Waals surface area contributed by atoms with Gasteiger partial charge in [0.05, 0.1) is 18.1 Å². The van der Waals surface area contributed by atoms with Gasteiger partial charge >= 0.3 is 5.97 Å². The Morgan fingerprint density at radius 1 is 1.10 bits per heavy atom. The monoisotopic (exact) mass is 300 g/mol. The summed E-state index contributed by atoms with van der Waals surface area (Å²) < 4.78 is 5.18. The van der Waals surface area contributed by atoms with Crippen LogP contribution in [0.1, 0.15) is 66.2 Å². The summed E-state index contributed by atoms with van der Waals surface area (Å²) in [5, 5.41) is 2.80. The molecule has 0 aromatic heterocycles. The minimum atomic E-state index is -1.01. The van der Waals surface area contributed by atoms with Crippen LogP contribution in [0.5, 0.6) is 0 Å². The molecule has 0 aromatic carbocycles. The highest BCUT2D eigenvalue weighted by molar-refractivity contribution is 5.90. The van der Waals surface area contributed by atoms with Crippen molar-refractivity contribution in [2.75, 3.05) is 13.2 Å². The van der Waals surface area contributed by atoms with E-state index in [0.717, 1.165) is 38.5 Å². The molecular formula is C16H32N2O3. The van der Waals surface area contributed by atoms with E-state index in [1.807, 2.05) is 6.92 Å². The van der Waals surface area contributed by atoms with Crippen molar-refractivity contribution >= 4 is 11.9 Å². The summed E-state index contributed by atoms with van der Waals surface area (Å²) in [4.78, 5) is 24.0. The fraction of sp³-hybridized carbons (Fsp3) is 0.875. The van der Waals surface area contributed by atoms with Crippen molar-refractivity contribution in [3.8, 4) is 0 Å². The molecule has 124 valence electrons. The molecular weight excluding hydrogens is 268 g/mol. The number of unbranched alkanes of at least 4 members (excludes halogenated alkanes) is 4. The Morgan fingerprint density at radius 2 is 1.71 bits per heavy atom. The van der Waals surface area contributed by atoms with E-state index in [1.165, 1.54) is 0 Å². The lowest BCUT2D eigenvalue weighted by atomic mass is 9.84. The van der Waals surface area contributed by atoms with Crippen LogP contribution in [0.4, 0.5) is 0 Å². The molecule has 0 aliphatic heterocycles. The van der Waals surface area contributed by atoms with Gasteiger partial charge in [0.15, 0.2) is 0 Å². The topological polar surface area (TPSA) is 81.4 Å². The van der Waals surface area contributed by atoms with Gasteiger partial charge in [-0.3, -0.25) is 9.59 Å². The lowest BCUT2D eigenvalue weighted by Gasteiger charge is -2.28. The molecule has 0 fully saturated rings. The minimum absolute atomic E-state index is 0.288. The van der Waals surface area contributed by atoms with Crippen molar-refractivity contribution in [3.63, 3.8) is 0 Å². The van der Waals surface area contributed by atoms with Gasteiger partial charge in [-0.15, -0.1) is 0 Å². The molecule has 0 aromatic rings. The Hall–Kier alpha value is -1.10. The quantitative estimate of drug-likeness (QED) is 0.453. The highest BCUT2D eigenvalue weighted by Gasteiger charge is 2.40. The van der Waals surface area contributed by atoms with Crippen LogP contribution in [0, 0.1) is 5.41 Å². The zero-order valence-electron chi connectivity index (χ0n) is 14.0. The molecule has 0 spiro atoms. The highest BCUT2D eigenvalue weighted by Crippen LogP contribution is 2.21. The Labute approximate surface area is 129 Å². The summed E-state index contributed by atoms with van der Waals surface area (Å²) in [6.45, 7) is 8.46. The lowest BCUT2D eigenvalue weighted by Crippen LogP contribution is -2.53. The maximum Gasteiger partial charge on any atom is 0.313 e.